The van der Waals surface area contributed by atoms with Gasteiger partial charge in [0, 0.05) is 22.4 Å². The first kappa shape index (κ1) is 21.4. The highest BCUT2D eigenvalue weighted by molar-refractivity contribution is 6.36. The van der Waals surface area contributed by atoms with Crippen molar-refractivity contribution in [2.75, 3.05) is 25.1 Å². The summed E-state index contributed by atoms with van der Waals surface area (Å²) in [6.45, 7) is 3.27. The summed E-state index contributed by atoms with van der Waals surface area (Å²) in [6, 6.07) is 12.7. The molecule has 8 heteroatoms. The van der Waals surface area contributed by atoms with Crippen LogP contribution in [0.3, 0.4) is 0 Å². The Morgan fingerprint density at radius 2 is 1.93 bits per heavy atom. The molecule has 0 atom stereocenters. The van der Waals surface area contributed by atoms with E-state index in [2.05, 4.69) is 10.3 Å². The van der Waals surface area contributed by atoms with Gasteiger partial charge >= 0.3 is 0 Å². The number of nitrogens with zero attached hydrogens (tertiary/aromatic N) is 3. The van der Waals surface area contributed by atoms with Crippen LogP contribution in [0.2, 0.25) is 0 Å². The monoisotopic (exact) mass is 415 g/mol. The zero-order valence-electron chi connectivity index (χ0n) is 17.1. The fourth-order valence-electron chi connectivity index (χ4n) is 3.24. The van der Waals surface area contributed by atoms with Gasteiger partial charge in [-0.3, -0.25) is 4.79 Å². The van der Waals surface area contributed by atoms with Gasteiger partial charge in [-0.05, 0) is 31.5 Å². The van der Waals surface area contributed by atoms with Gasteiger partial charge in [0.05, 0.1) is 18.8 Å². The van der Waals surface area contributed by atoms with Gasteiger partial charge < -0.3 is 14.6 Å². The summed E-state index contributed by atoms with van der Waals surface area (Å²) in [7, 11) is 1.37. The normalized spacial score (nSPS) is 16.1. The Balaban J connectivity index is 1.73. The quantitative estimate of drug-likeness (QED) is 0.372. The second kappa shape index (κ2) is 9.02. The predicted molar refractivity (Wildman–Crippen MR) is 111 cm³/mol. The molecule has 3 rings (SSSR count). The van der Waals surface area contributed by atoms with Crippen LogP contribution in [0.15, 0.2) is 52.8 Å². The van der Waals surface area contributed by atoms with E-state index in [0.29, 0.717) is 17.6 Å². The summed E-state index contributed by atoms with van der Waals surface area (Å²) in [4.78, 5) is 23.3. The van der Waals surface area contributed by atoms with Gasteiger partial charge in [0.2, 0.25) is 0 Å². The maximum Gasteiger partial charge on any atom is 0.282 e. The third kappa shape index (κ3) is 4.82. The number of aldehydes is 1. The Bertz CT molecular complexity index is 981. The van der Waals surface area contributed by atoms with Gasteiger partial charge in [0.1, 0.15) is 19.4 Å². The van der Waals surface area contributed by atoms with Gasteiger partial charge in [0.25, 0.3) is 5.92 Å². The lowest BCUT2D eigenvalue weighted by Gasteiger charge is -2.40. The number of benzene rings is 2. The van der Waals surface area contributed by atoms with Crippen LogP contribution >= 0.6 is 0 Å². The maximum absolute atomic E-state index is 13.1. The maximum atomic E-state index is 13.1. The minimum atomic E-state index is -2.63. The molecular formula is C22H23F2N3O3. The lowest BCUT2D eigenvalue weighted by molar-refractivity contribution is -0.102. The van der Waals surface area contributed by atoms with Gasteiger partial charge in [-0.25, -0.2) is 8.78 Å². The van der Waals surface area contributed by atoms with Crippen molar-refractivity contribution in [3.05, 3.63) is 64.7 Å². The molecule has 0 spiro atoms. The number of hydrogen-bond donors (Lipinski definition) is 0. The van der Waals surface area contributed by atoms with Crippen LogP contribution in [0.4, 0.5) is 14.5 Å². The average molecular weight is 415 g/mol. The number of oxime groups is 2. The van der Waals surface area contributed by atoms with E-state index in [1.807, 2.05) is 31.2 Å². The molecule has 1 saturated heterocycles. The summed E-state index contributed by atoms with van der Waals surface area (Å²) in [5, 5.41) is 7.92. The predicted octanol–water partition coefficient (Wildman–Crippen LogP) is 3.94. The summed E-state index contributed by atoms with van der Waals surface area (Å²) in [5.41, 5.74) is 4.59. The number of aryl methyl sites for hydroxylation is 1. The zero-order valence-corrected chi connectivity index (χ0v) is 17.1. The molecule has 2 aromatic carbocycles. The summed E-state index contributed by atoms with van der Waals surface area (Å²) in [6.07, 6.45) is 0.626. The Kier molecular flexibility index (Phi) is 6.44. The molecule has 0 aliphatic carbocycles. The first-order valence-corrected chi connectivity index (χ1v) is 9.39. The van der Waals surface area contributed by atoms with E-state index in [-0.39, 0.29) is 25.4 Å². The average Bonchev–Trinajstić information content (AvgIpc) is 2.71. The molecule has 158 valence electrons. The third-order valence-corrected chi connectivity index (χ3v) is 4.87. The van der Waals surface area contributed by atoms with Gasteiger partial charge in [-0.15, -0.1) is 0 Å². The Hall–Kier alpha value is -3.29. The summed E-state index contributed by atoms with van der Waals surface area (Å²) >= 11 is 0. The molecule has 0 bridgehead atoms. The summed E-state index contributed by atoms with van der Waals surface area (Å²) in [5.74, 6) is -2.63. The fourth-order valence-corrected chi connectivity index (χ4v) is 3.24. The van der Waals surface area contributed by atoms with Crippen molar-refractivity contribution >= 4 is 23.4 Å². The molecule has 1 fully saturated rings. The van der Waals surface area contributed by atoms with Crippen LogP contribution in [-0.4, -0.2) is 43.8 Å². The molecule has 0 amide bonds. The second-order valence-electron chi connectivity index (χ2n) is 7.09. The molecule has 0 N–H and O–H groups in total. The van der Waals surface area contributed by atoms with Crippen LogP contribution < -0.4 is 4.90 Å². The van der Waals surface area contributed by atoms with Crippen molar-refractivity contribution in [1.29, 1.82) is 0 Å². The number of alkyl halides is 2. The van der Waals surface area contributed by atoms with Crippen molar-refractivity contribution in [2.45, 2.75) is 26.4 Å². The highest BCUT2D eigenvalue weighted by Crippen LogP contribution is 2.32. The first-order valence-electron chi connectivity index (χ1n) is 9.39. The molecule has 30 heavy (non-hydrogen) atoms. The summed E-state index contributed by atoms with van der Waals surface area (Å²) < 4.78 is 26.3. The lowest BCUT2D eigenvalue weighted by atomic mass is 9.99. The van der Waals surface area contributed by atoms with Crippen molar-refractivity contribution in [2.24, 2.45) is 10.3 Å². The Morgan fingerprint density at radius 3 is 2.60 bits per heavy atom. The largest absolute Gasteiger partial charge is 0.399 e. The lowest BCUT2D eigenvalue weighted by Crippen LogP contribution is -2.56. The topological polar surface area (TPSA) is 63.5 Å². The number of carbonyl (C=O) groups excluding carboxylic acids is 1. The molecule has 1 aliphatic rings. The molecule has 2 aromatic rings. The van der Waals surface area contributed by atoms with Crippen LogP contribution in [0.5, 0.6) is 0 Å². The van der Waals surface area contributed by atoms with Crippen LogP contribution in [0.1, 0.15) is 29.2 Å². The number of anilines is 1. The SMILES string of the molecule is CO/N=C(/C=O)c1cccc(C)c1CO/N=C(\C)c1cccc(N2CC(F)(F)C2)c1. The van der Waals surface area contributed by atoms with E-state index in [4.69, 9.17) is 9.68 Å². The minimum absolute atomic E-state index is 0.133. The van der Waals surface area contributed by atoms with Gasteiger partial charge in [0.15, 0.2) is 6.29 Å². The number of carbonyl (C=O) groups is 1. The standard InChI is InChI=1S/C22H23F2N3O3/c1-15-6-4-9-19(21(11-28)26-29-3)20(15)12-30-25-16(2)17-7-5-8-18(10-17)27-13-22(23,24)14-27/h4-11H,12-14H2,1-3H3/b25-16+,26-21-. The van der Waals surface area contributed by atoms with Gasteiger partial charge in [-0.2, -0.15) is 0 Å². The van der Waals surface area contributed by atoms with E-state index in [9.17, 15) is 13.6 Å². The number of rotatable bonds is 8. The van der Waals surface area contributed by atoms with Crippen LogP contribution in [-0.2, 0) is 21.1 Å². The molecule has 6 nitrogen and oxygen atoms in total. The van der Waals surface area contributed by atoms with Crippen molar-refractivity contribution in [3.8, 4) is 0 Å². The van der Waals surface area contributed by atoms with Crippen molar-refractivity contribution < 1.29 is 23.3 Å². The zero-order chi connectivity index (χ0) is 21.7. The fraction of sp³-hybridized carbons (Fsp3) is 0.318. The number of halogens is 2. The molecule has 1 aliphatic heterocycles. The molecule has 0 radical (unpaired) electrons. The van der Waals surface area contributed by atoms with Crippen molar-refractivity contribution in [1.82, 2.24) is 0 Å². The van der Waals surface area contributed by atoms with Gasteiger partial charge in [-0.1, -0.05) is 40.6 Å². The second-order valence-corrected chi connectivity index (χ2v) is 7.09. The van der Waals surface area contributed by atoms with E-state index >= 15 is 0 Å². The molecule has 0 saturated carbocycles. The molecular weight excluding hydrogens is 392 g/mol. The van der Waals surface area contributed by atoms with Crippen molar-refractivity contribution in [3.63, 3.8) is 0 Å². The highest BCUT2D eigenvalue weighted by Gasteiger charge is 2.43. The van der Waals surface area contributed by atoms with E-state index < -0.39 is 5.92 Å². The smallest absolute Gasteiger partial charge is 0.282 e. The van der Waals surface area contributed by atoms with E-state index in [1.54, 1.807) is 30.0 Å². The Morgan fingerprint density at radius 1 is 1.20 bits per heavy atom. The third-order valence-electron chi connectivity index (χ3n) is 4.87. The first-order chi connectivity index (χ1) is 14.3. The van der Waals surface area contributed by atoms with E-state index in [0.717, 1.165) is 22.4 Å². The number of hydrogen-bond acceptors (Lipinski definition) is 6. The van der Waals surface area contributed by atoms with Crippen LogP contribution in [0, 0.1) is 6.92 Å². The highest BCUT2D eigenvalue weighted by atomic mass is 19.3. The molecule has 1 heterocycles. The molecule has 0 aromatic heterocycles. The minimum Gasteiger partial charge on any atom is -0.399 e. The Labute approximate surface area is 173 Å². The van der Waals surface area contributed by atoms with Crippen LogP contribution in [0.25, 0.3) is 0 Å². The molecule has 0 unspecified atom stereocenters. The van der Waals surface area contributed by atoms with E-state index in [1.165, 1.54) is 7.11 Å².